The minimum absolute atomic E-state index is 0.0667. The minimum atomic E-state index is -2.15. The molecule has 0 amide bonds. The Hall–Kier alpha value is -1.18. The van der Waals surface area contributed by atoms with Crippen LogP contribution in [0.2, 0.25) is 23.2 Å². The Bertz CT molecular complexity index is 600. The summed E-state index contributed by atoms with van der Waals surface area (Å²) in [5, 5.41) is 8.37. The highest BCUT2D eigenvalue weighted by molar-refractivity contribution is 6.74. The van der Waals surface area contributed by atoms with Crippen molar-refractivity contribution < 1.29 is 27.8 Å². The number of aliphatic carboxylic acids is 1. The fraction of sp³-hybridized carbons (Fsp3) is 0.533. The van der Waals surface area contributed by atoms with E-state index in [1.54, 1.807) is 0 Å². The Morgan fingerprint density at radius 3 is 2.35 bits per heavy atom. The van der Waals surface area contributed by atoms with Crippen LogP contribution < -0.4 is 4.74 Å². The zero-order valence-corrected chi connectivity index (χ0v) is 15.6. The summed E-state index contributed by atoms with van der Waals surface area (Å²) in [4.78, 5) is 10.4. The highest BCUT2D eigenvalue weighted by Crippen LogP contribution is 2.38. The van der Waals surface area contributed by atoms with Crippen molar-refractivity contribution in [1.82, 2.24) is 0 Å². The van der Waals surface area contributed by atoms with E-state index < -0.39 is 38.3 Å². The minimum Gasteiger partial charge on any atom is -0.479 e. The SMILES string of the molecule is CC(C)(C)[Si](C)(C)OCc1c(Cl)cc(OCC(=O)O)c(F)c1F. The molecule has 1 aromatic carbocycles. The zero-order valence-electron chi connectivity index (χ0n) is 13.8. The van der Waals surface area contributed by atoms with E-state index in [1.807, 2.05) is 33.9 Å². The van der Waals surface area contributed by atoms with E-state index in [2.05, 4.69) is 4.74 Å². The van der Waals surface area contributed by atoms with Gasteiger partial charge in [0.25, 0.3) is 0 Å². The summed E-state index contributed by atoms with van der Waals surface area (Å²) in [5.74, 6) is -4.29. The van der Waals surface area contributed by atoms with E-state index in [9.17, 15) is 13.6 Å². The van der Waals surface area contributed by atoms with Crippen molar-refractivity contribution in [2.45, 2.75) is 45.5 Å². The second-order valence-corrected chi connectivity index (χ2v) is 11.9. The number of carboxylic acid groups (broad SMARTS) is 1. The molecule has 130 valence electrons. The van der Waals surface area contributed by atoms with E-state index in [0.717, 1.165) is 6.07 Å². The zero-order chi connectivity index (χ0) is 18.0. The molecule has 0 saturated carbocycles. The molecule has 0 aromatic heterocycles. The molecule has 0 saturated heterocycles. The van der Waals surface area contributed by atoms with Gasteiger partial charge in [0.05, 0.1) is 11.6 Å². The molecular weight excluding hydrogens is 346 g/mol. The molecule has 0 radical (unpaired) electrons. The molecule has 0 bridgehead atoms. The van der Waals surface area contributed by atoms with Crippen LogP contribution in [0.4, 0.5) is 8.78 Å². The van der Waals surface area contributed by atoms with Gasteiger partial charge in [-0.3, -0.25) is 0 Å². The topological polar surface area (TPSA) is 55.8 Å². The lowest BCUT2D eigenvalue weighted by Crippen LogP contribution is -2.40. The van der Waals surface area contributed by atoms with Gasteiger partial charge in [-0.25, -0.2) is 9.18 Å². The molecule has 4 nitrogen and oxygen atoms in total. The first-order valence-corrected chi connectivity index (χ1v) is 10.3. The van der Waals surface area contributed by atoms with E-state index in [1.165, 1.54) is 0 Å². The Balaban J connectivity index is 3.02. The molecule has 0 fully saturated rings. The average molecular weight is 367 g/mol. The van der Waals surface area contributed by atoms with Gasteiger partial charge in [-0.2, -0.15) is 4.39 Å². The first kappa shape index (κ1) is 19.9. The van der Waals surface area contributed by atoms with Gasteiger partial charge in [-0.1, -0.05) is 32.4 Å². The van der Waals surface area contributed by atoms with Crippen molar-refractivity contribution >= 4 is 25.9 Å². The molecule has 0 atom stereocenters. The smallest absolute Gasteiger partial charge is 0.341 e. The van der Waals surface area contributed by atoms with Gasteiger partial charge in [0.1, 0.15) is 0 Å². The van der Waals surface area contributed by atoms with Crippen molar-refractivity contribution in [2.24, 2.45) is 0 Å². The average Bonchev–Trinajstić information content (AvgIpc) is 2.39. The van der Waals surface area contributed by atoms with Crippen LogP contribution in [0.5, 0.6) is 5.75 Å². The second-order valence-electron chi connectivity index (χ2n) is 6.69. The maximum Gasteiger partial charge on any atom is 0.341 e. The Labute approximate surface area is 140 Å². The van der Waals surface area contributed by atoms with Gasteiger partial charge >= 0.3 is 5.97 Å². The summed E-state index contributed by atoms with van der Waals surface area (Å²) in [5.41, 5.74) is -0.100. The molecule has 0 heterocycles. The molecule has 0 aliphatic rings. The lowest BCUT2D eigenvalue weighted by molar-refractivity contribution is -0.139. The van der Waals surface area contributed by atoms with Gasteiger partial charge < -0.3 is 14.3 Å². The van der Waals surface area contributed by atoms with Gasteiger partial charge in [0, 0.05) is 11.6 Å². The molecule has 23 heavy (non-hydrogen) atoms. The third-order valence-electron chi connectivity index (χ3n) is 3.95. The molecule has 8 heteroatoms. The van der Waals surface area contributed by atoms with E-state index in [4.69, 9.17) is 21.1 Å². The summed E-state index contributed by atoms with van der Waals surface area (Å²) in [6.45, 7) is 9.12. The number of hydrogen-bond donors (Lipinski definition) is 1. The van der Waals surface area contributed by atoms with Crippen molar-refractivity contribution in [3.05, 3.63) is 28.3 Å². The van der Waals surface area contributed by atoms with E-state index >= 15 is 0 Å². The van der Waals surface area contributed by atoms with Gasteiger partial charge in [-0.05, 0) is 18.1 Å². The van der Waals surface area contributed by atoms with Gasteiger partial charge in [0.2, 0.25) is 5.82 Å². The maximum absolute atomic E-state index is 14.2. The monoisotopic (exact) mass is 366 g/mol. The number of halogens is 3. The predicted molar refractivity (Wildman–Crippen MR) is 86.5 cm³/mol. The number of carbonyl (C=O) groups is 1. The second kappa shape index (κ2) is 7.15. The lowest BCUT2D eigenvalue weighted by atomic mass is 10.2. The highest BCUT2D eigenvalue weighted by atomic mass is 35.5. The largest absolute Gasteiger partial charge is 0.479 e. The normalized spacial score (nSPS) is 12.3. The lowest BCUT2D eigenvalue weighted by Gasteiger charge is -2.36. The fourth-order valence-electron chi connectivity index (χ4n) is 1.46. The number of ether oxygens (including phenoxy) is 1. The fourth-order valence-corrected chi connectivity index (χ4v) is 2.63. The van der Waals surface area contributed by atoms with Crippen LogP contribution in [-0.2, 0) is 15.8 Å². The standard InChI is InChI=1S/C15H21ClF2O4Si/c1-15(2,3)23(4,5)22-7-9-10(16)6-11(14(18)13(9)17)21-8-12(19)20/h6H,7-8H2,1-5H3,(H,19,20). The van der Waals surface area contributed by atoms with Crippen LogP contribution in [0.15, 0.2) is 6.07 Å². The summed E-state index contributed by atoms with van der Waals surface area (Å²) in [6, 6.07) is 1.06. The van der Waals surface area contributed by atoms with Crippen LogP contribution in [0.3, 0.4) is 0 Å². The summed E-state index contributed by atoms with van der Waals surface area (Å²) < 4.78 is 38.6. The van der Waals surface area contributed by atoms with Gasteiger partial charge in [-0.15, -0.1) is 0 Å². The van der Waals surface area contributed by atoms with Crippen molar-refractivity contribution in [3.8, 4) is 5.75 Å². The summed E-state index contributed by atoms with van der Waals surface area (Å²) in [6.07, 6.45) is 0. The van der Waals surface area contributed by atoms with Gasteiger partial charge in [0.15, 0.2) is 26.5 Å². The summed E-state index contributed by atoms with van der Waals surface area (Å²) in [7, 11) is -2.15. The molecule has 0 spiro atoms. The summed E-state index contributed by atoms with van der Waals surface area (Å²) >= 11 is 5.97. The Kier molecular flexibility index (Phi) is 6.17. The van der Waals surface area contributed by atoms with Crippen LogP contribution in [0.25, 0.3) is 0 Å². The van der Waals surface area contributed by atoms with Crippen molar-refractivity contribution in [3.63, 3.8) is 0 Å². The van der Waals surface area contributed by atoms with Crippen LogP contribution >= 0.6 is 11.6 Å². The molecule has 0 aliphatic heterocycles. The van der Waals surface area contributed by atoms with Crippen LogP contribution in [0.1, 0.15) is 26.3 Å². The molecule has 0 aliphatic carbocycles. The quantitative estimate of drug-likeness (QED) is 0.590. The highest BCUT2D eigenvalue weighted by Gasteiger charge is 2.37. The van der Waals surface area contributed by atoms with E-state index in [-0.39, 0.29) is 22.2 Å². The predicted octanol–water partition coefficient (Wildman–Crippen LogP) is 4.60. The first-order chi connectivity index (χ1) is 10.4. The Morgan fingerprint density at radius 1 is 1.30 bits per heavy atom. The number of rotatable bonds is 6. The third-order valence-corrected chi connectivity index (χ3v) is 8.77. The number of benzene rings is 1. The van der Waals surface area contributed by atoms with Crippen LogP contribution in [-0.4, -0.2) is 26.0 Å². The Morgan fingerprint density at radius 2 is 1.87 bits per heavy atom. The molecule has 0 unspecified atom stereocenters. The van der Waals surface area contributed by atoms with Crippen molar-refractivity contribution in [1.29, 1.82) is 0 Å². The number of carboxylic acids is 1. The van der Waals surface area contributed by atoms with Crippen LogP contribution in [0, 0.1) is 11.6 Å². The molecular formula is C15H21ClF2O4Si. The van der Waals surface area contributed by atoms with E-state index in [0.29, 0.717) is 0 Å². The third kappa shape index (κ3) is 4.89. The maximum atomic E-state index is 14.2. The first-order valence-electron chi connectivity index (χ1n) is 7.01. The van der Waals surface area contributed by atoms with Crippen molar-refractivity contribution in [2.75, 3.05) is 6.61 Å². The molecule has 1 N–H and O–H groups in total. The molecule has 1 aromatic rings. The number of hydrogen-bond acceptors (Lipinski definition) is 3. The molecule has 1 rings (SSSR count).